The highest BCUT2D eigenvalue weighted by molar-refractivity contribution is 7.93. The van der Waals surface area contributed by atoms with Gasteiger partial charge in [0.05, 0.1) is 22.2 Å². The summed E-state index contributed by atoms with van der Waals surface area (Å²) in [5.41, 5.74) is 6.00. The number of ether oxygens (including phenoxy) is 2. The topological polar surface area (TPSA) is 249 Å². The monoisotopic (exact) mass is 1190 g/mol. The lowest BCUT2D eigenvalue weighted by atomic mass is 9.85. The molecular weight excluding hydrogens is 1120 g/mol. The van der Waals surface area contributed by atoms with E-state index >= 15 is 0 Å². The third kappa shape index (κ3) is 16.8. The molecule has 1 aliphatic heterocycles. The van der Waals surface area contributed by atoms with Crippen LogP contribution in [0.3, 0.4) is 0 Å². The summed E-state index contributed by atoms with van der Waals surface area (Å²) in [6.45, 7) is 13.1. The van der Waals surface area contributed by atoms with Crippen LogP contribution in [0.5, 0.6) is 5.75 Å². The van der Waals surface area contributed by atoms with Gasteiger partial charge in [0.2, 0.25) is 23.6 Å². The molecule has 3 aromatic carbocycles. The SMILES string of the molecule is CC(Oc1cc(-c2nn(C)c3c(C#CCCCCCCCCC(=O)NC4C[C@@H](C(=O)Nc5c(F)cccc5F)N(C(=O)C(NC(=O)C(C)N(C)C(=O)OC(C)(C)C)C(C)(C)C)C4)cnc(N)c23)ccc1NS(=O)(=O)C(F)F)c1ccc(F)cc1. The fourth-order valence-electron chi connectivity index (χ4n) is 9.34. The molecule has 0 spiro atoms. The number of unbranched alkanes of at least 4 members (excludes halogenated alkanes) is 6. The van der Waals surface area contributed by atoms with E-state index in [0.717, 1.165) is 55.2 Å². The molecule has 1 saturated heterocycles. The number of sulfonamides is 1. The molecule has 0 saturated carbocycles. The zero-order valence-corrected chi connectivity index (χ0v) is 49.5. The zero-order chi connectivity index (χ0) is 62.0. The van der Waals surface area contributed by atoms with Crippen molar-refractivity contribution in [3.05, 3.63) is 95.4 Å². The number of amides is 5. The lowest BCUT2D eigenvalue weighted by molar-refractivity contribution is -0.143. The predicted octanol–water partition coefficient (Wildman–Crippen LogP) is 9.72. The van der Waals surface area contributed by atoms with Gasteiger partial charge in [0, 0.05) is 51.3 Å². The number of carbonyl (C=O) groups excluding carboxylic acids is 5. The lowest BCUT2D eigenvalue weighted by Crippen LogP contribution is -2.60. The normalized spacial score (nSPS) is 15.6. The largest absolute Gasteiger partial charge is 0.484 e. The molecule has 6 N–H and O–H groups in total. The number of nitrogens with zero attached hydrogens (tertiary/aromatic N) is 5. The summed E-state index contributed by atoms with van der Waals surface area (Å²) >= 11 is 0. The van der Waals surface area contributed by atoms with Gasteiger partial charge < -0.3 is 36.1 Å². The second-order valence-electron chi connectivity index (χ2n) is 22.8. The number of aromatic nitrogens is 3. The summed E-state index contributed by atoms with van der Waals surface area (Å²) in [5, 5.41) is 13.1. The van der Waals surface area contributed by atoms with Crippen LogP contribution in [0.15, 0.2) is 66.9 Å². The smallest absolute Gasteiger partial charge is 0.410 e. The van der Waals surface area contributed by atoms with Gasteiger partial charge in [0.15, 0.2) is 0 Å². The van der Waals surface area contributed by atoms with Crippen LogP contribution in [0, 0.1) is 34.7 Å². The maximum Gasteiger partial charge on any atom is 0.410 e. The van der Waals surface area contributed by atoms with Crippen LogP contribution >= 0.6 is 0 Å². The number of fused-ring (bicyclic) bond motifs is 1. The molecule has 1 fully saturated rings. The number of hydrogen-bond donors (Lipinski definition) is 5. The number of alkyl halides is 2. The first kappa shape index (κ1) is 65.1. The molecule has 5 aromatic rings. The molecule has 84 heavy (non-hydrogen) atoms. The number of para-hydroxylation sites is 1. The molecule has 6 rings (SSSR count). The van der Waals surface area contributed by atoms with Gasteiger partial charge in [-0.1, -0.05) is 82.6 Å². The van der Waals surface area contributed by atoms with Crippen LogP contribution in [-0.4, -0.2) is 112 Å². The van der Waals surface area contributed by atoms with Crippen molar-refractivity contribution in [1.82, 2.24) is 35.2 Å². The quantitative estimate of drug-likeness (QED) is 0.0247. The van der Waals surface area contributed by atoms with E-state index in [9.17, 15) is 54.3 Å². The first-order valence-electron chi connectivity index (χ1n) is 27.4. The molecule has 454 valence electrons. The third-order valence-corrected chi connectivity index (χ3v) is 14.9. The molecule has 5 atom stereocenters. The Labute approximate surface area is 486 Å². The van der Waals surface area contributed by atoms with E-state index in [0.29, 0.717) is 46.1 Å². The minimum atomic E-state index is -5.09. The van der Waals surface area contributed by atoms with E-state index in [1.54, 1.807) is 60.2 Å². The second kappa shape index (κ2) is 27.6. The van der Waals surface area contributed by atoms with Gasteiger partial charge in [0.1, 0.15) is 70.2 Å². The highest BCUT2D eigenvalue weighted by Gasteiger charge is 2.46. The maximum absolute atomic E-state index is 14.7. The molecule has 0 aliphatic carbocycles. The maximum atomic E-state index is 14.7. The number of likely N-dealkylation sites (tertiary alicyclic amines) is 1. The van der Waals surface area contributed by atoms with Crippen molar-refractivity contribution in [1.29, 1.82) is 0 Å². The van der Waals surface area contributed by atoms with Crippen molar-refractivity contribution in [2.24, 2.45) is 12.5 Å². The molecule has 0 bridgehead atoms. The number of carbonyl (C=O) groups is 5. The van der Waals surface area contributed by atoms with E-state index in [4.69, 9.17) is 15.2 Å². The number of halogens is 5. The minimum absolute atomic E-state index is 0.0929. The van der Waals surface area contributed by atoms with Gasteiger partial charge in [0.25, 0.3) is 10.0 Å². The molecule has 19 nitrogen and oxygen atoms in total. The van der Waals surface area contributed by atoms with Crippen molar-refractivity contribution < 1.29 is 63.8 Å². The Morgan fingerprint density at radius 1 is 0.905 bits per heavy atom. The Hall–Kier alpha value is -8.01. The first-order chi connectivity index (χ1) is 39.4. The zero-order valence-electron chi connectivity index (χ0n) is 48.7. The third-order valence-electron chi connectivity index (χ3n) is 14.0. The number of benzene rings is 3. The fourth-order valence-corrected chi connectivity index (χ4v) is 9.90. The highest BCUT2D eigenvalue weighted by atomic mass is 32.2. The minimum Gasteiger partial charge on any atom is -0.484 e. The summed E-state index contributed by atoms with van der Waals surface area (Å²) in [4.78, 5) is 74.8. The Balaban J connectivity index is 1.04. The van der Waals surface area contributed by atoms with Gasteiger partial charge in [-0.2, -0.15) is 13.9 Å². The number of likely N-dealkylation sites (N-methyl/N-ethyl adjacent to an activating group) is 1. The number of anilines is 3. The Morgan fingerprint density at radius 2 is 1.55 bits per heavy atom. The molecule has 3 heterocycles. The Morgan fingerprint density at radius 3 is 2.18 bits per heavy atom. The van der Waals surface area contributed by atoms with Crippen LogP contribution in [0.1, 0.15) is 130 Å². The number of hydrogen-bond acceptors (Lipinski definition) is 12. The second-order valence-corrected chi connectivity index (χ2v) is 24.4. The Bertz CT molecular complexity index is 3380. The molecule has 4 unspecified atom stereocenters. The fraction of sp³-hybridized carbons (Fsp3) is 0.475. The van der Waals surface area contributed by atoms with Gasteiger partial charge in [-0.05, 0) is 101 Å². The van der Waals surface area contributed by atoms with Gasteiger partial charge in [-0.3, -0.25) is 33.5 Å². The summed E-state index contributed by atoms with van der Waals surface area (Å²) in [5.74, 6) is -2.48. The molecule has 25 heteroatoms. The Kier molecular flexibility index (Phi) is 21.4. The molecule has 1 aliphatic rings. The van der Waals surface area contributed by atoms with E-state index in [2.05, 4.69) is 37.9 Å². The van der Waals surface area contributed by atoms with E-state index in [1.165, 1.54) is 67.5 Å². The highest BCUT2D eigenvalue weighted by Crippen LogP contribution is 2.39. The summed E-state index contributed by atoms with van der Waals surface area (Å²) in [6.07, 6.45) is 5.18. The van der Waals surface area contributed by atoms with E-state index in [1.807, 2.05) is 4.72 Å². The predicted molar refractivity (Wildman–Crippen MR) is 308 cm³/mol. The van der Waals surface area contributed by atoms with Gasteiger partial charge in [-0.25, -0.2) is 31.4 Å². The number of pyridine rings is 1. The summed E-state index contributed by atoms with van der Waals surface area (Å²) in [7, 11) is -2.02. The van der Waals surface area contributed by atoms with Crippen LogP contribution in [0.25, 0.3) is 22.2 Å². The first-order valence-corrected chi connectivity index (χ1v) is 29.0. The average Bonchev–Trinajstić information content (AvgIpc) is 1.98. The van der Waals surface area contributed by atoms with Crippen LogP contribution in [-0.2, 0) is 41.0 Å². The van der Waals surface area contributed by atoms with Crippen LogP contribution in [0.4, 0.5) is 43.9 Å². The van der Waals surface area contributed by atoms with Gasteiger partial charge in [-0.15, -0.1) is 0 Å². The lowest BCUT2D eigenvalue weighted by Gasteiger charge is -2.36. The number of rotatable bonds is 22. The number of nitrogens with two attached hydrogens (primary N) is 1. The summed E-state index contributed by atoms with van der Waals surface area (Å²) < 4.78 is 109. The number of nitrogen functional groups attached to an aromatic ring is 1. The summed E-state index contributed by atoms with van der Waals surface area (Å²) in [6, 6.07) is 8.29. The number of nitrogens with one attached hydrogen (secondary N) is 4. The molecule has 5 amide bonds. The van der Waals surface area contributed by atoms with Crippen LogP contribution < -0.4 is 31.1 Å². The van der Waals surface area contributed by atoms with Crippen molar-refractivity contribution in [2.75, 3.05) is 29.4 Å². The van der Waals surface area contributed by atoms with Crippen molar-refractivity contribution in [3.63, 3.8) is 0 Å². The average molecular weight is 1190 g/mol. The molecule has 2 aromatic heterocycles. The standard InChI is InChI=1S/C59H73F5N10O9S/c1-34(72(9)57(79)83-59(6,7)8)53(76)69-51(58(3,4)5)55(78)74-33-40(31-44(74)54(77)68-49-41(61)21-19-22-42(49)62)67-46(75)23-18-16-14-12-11-13-15-17-20-38-32-66-52(65)47-48(70-73(10)50(38)47)37-26-29-43(71-84(80,81)56(63)64)45(30-37)82-35(2)36-24-27-39(60)28-25-36/h19,21-22,24-30,32,34-35,40,44,51,56,71H,11-16,18,23,31,33H2,1-10H3,(H2,65,66)(H,67,75)(H,68,77)(H,69,76)/t34?,35?,40?,44-,51?/m0/s1. The van der Waals surface area contributed by atoms with Crippen molar-refractivity contribution in [2.45, 2.75) is 155 Å². The van der Waals surface area contributed by atoms with Gasteiger partial charge >= 0.3 is 11.9 Å². The van der Waals surface area contributed by atoms with Crippen molar-refractivity contribution in [3.8, 4) is 28.8 Å². The van der Waals surface area contributed by atoms with Crippen LogP contribution in [0.2, 0.25) is 0 Å². The molecular formula is C59H73F5N10O9S. The molecule has 0 radical (unpaired) electrons. The number of aryl methyl sites for hydroxylation is 1. The van der Waals surface area contributed by atoms with E-state index < -0.39 is 104 Å². The van der Waals surface area contributed by atoms with Crippen molar-refractivity contribution >= 4 is 67.8 Å². The van der Waals surface area contributed by atoms with E-state index in [-0.39, 0.29) is 42.5 Å².